The zero-order chi connectivity index (χ0) is 13.2. The lowest BCUT2D eigenvalue weighted by atomic mass is 10.1. The third kappa shape index (κ3) is 2.78. The van der Waals surface area contributed by atoms with Gasteiger partial charge in [-0.3, -0.25) is 0 Å². The standard InChI is InChI=1S/C14H14N2S3/c1-9(10-5-6-18-8-10)15-11-3-4-12-13(7-11)19-14(16-12)17-2/h3-9,15H,1-2H3. The van der Waals surface area contributed by atoms with Gasteiger partial charge in [-0.1, -0.05) is 11.8 Å². The van der Waals surface area contributed by atoms with Crippen molar-refractivity contribution < 1.29 is 0 Å². The monoisotopic (exact) mass is 306 g/mol. The second kappa shape index (κ2) is 5.53. The summed E-state index contributed by atoms with van der Waals surface area (Å²) in [6, 6.07) is 8.88. The van der Waals surface area contributed by atoms with Crippen LogP contribution in [0.4, 0.5) is 5.69 Å². The lowest BCUT2D eigenvalue weighted by Gasteiger charge is -2.13. The lowest BCUT2D eigenvalue weighted by Crippen LogP contribution is -2.04. The van der Waals surface area contributed by atoms with E-state index in [1.54, 1.807) is 34.4 Å². The molecule has 1 N–H and O–H groups in total. The third-order valence-corrected chi connectivity index (χ3v) is 5.67. The van der Waals surface area contributed by atoms with Crippen LogP contribution in [-0.4, -0.2) is 11.2 Å². The number of nitrogens with zero attached hydrogens (tertiary/aromatic N) is 1. The van der Waals surface area contributed by atoms with Crippen LogP contribution in [-0.2, 0) is 0 Å². The summed E-state index contributed by atoms with van der Waals surface area (Å²) in [5.74, 6) is 0. The molecule has 3 aromatic rings. The van der Waals surface area contributed by atoms with Crippen LogP contribution in [0.15, 0.2) is 39.4 Å². The number of thioether (sulfide) groups is 1. The maximum Gasteiger partial charge on any atom is 0.150 e. The lowest BCUT2D eigenvalue weighted by molar-refractivity contribution is 0.891. The van der Waals surface area contributed by atoms with Gasteiger partial charge in [0.2, 0.25) is 0 Å². The number of fused-ring (bicyclic) bond motifs is 1. The summed E-state index contributed by atoms with van der Waals surface area (Å²) >= 11 is 5.19. The Kier molecular flexibility index (Phi) is 3.77. The average molecular weight is 306 g/mol. The van der Waals surface area contributed by atoms with Gasteiger partial charge in [0.1, 0.15) is 0 Å². The van der Waals surface area contributed by atoms with E-state index in [0.29, 0.717) is 6.04 Å². The molecule has 2 nitrogen and oxygen atoms in total. The summed E-state index contributed by atoms with van der Waals surface area (Å²) in [6.07, 6.45) is 2.06. The van der Waals surface area contributed by atoms with Crippen LogP contribution in [0, 0.1) is 0 Å². The summed E-state index contributed by atoms with van der Waals surface area (Å²) in [4.78, 5) is 4.56. The third-order valence-electron chi connectivity index (χ3n) is 2.97. The summed E-state index contributed by atoms with van der Waals surface area (Å²) in [7, 11) is 0. The Labute approximate surface area is 124 Å². The quantitative estimate of drug-likeness (QED) is 0.666. The molecule has 0 bridgehead atoms. The molecule has 0 saturated heterocycles. The van der Waals surface area contributed by atoms with E-state index in [-0.39, 0.29) is 0 Å². The van der Waals surface area contributed by atoms with Gasteiger partial charge in [-0.15, -0.1) is 11.3 Å². The van der Waals surface area contributed by atoms with Crippen molar-refractivity contribution in [1.29, 1.82) is 0 Å². The van der Waals surface area contributed by atoms with Crippen molar-refractivity contribution in [2.24, 2.45) is 0 Å². The van der Waals surface area contributed by atoms with Crippen molar-refractivity contribution in [1.82, 2.24) is 4.98 Å². The molecule has 5 heteroatoms. The molecule has 0 aliphatic carbocycles. The van der Waals surface area contributed by atoms with Crippen LogP contribution >= 0.6 is 34.4 Å². The van der Waals surface area contributed by atoms with Gasteiger partial charge in [-0.2, -0.15) is 11.3 Å². The number of thiophene rings is 1. The van der Waals surface area contributed by atoms with Gasteiger partial charge in [-0.25, -0.2) is 4.98 Å². The van der Waals surface area contributed by atoms with E-state index in [1.165, 1.54) is 10.3 Å². The highest BCUT2D eigenvalue weighted by Crippen LogP contribution is 2.31. The van der Waals surface area contributed by atoms with Crippen LogP contribution in [0.5, 0.6) is 0 Å². The molecule has 0 amide bonds. The maximum atomic E-state index is 4.56. The fourth-order valence-corrected chi connectivity index (χ4v) is 4.22. The molecule has 1 aromatic carbocycles. The van der Waals surface area contributed by atoms with Crippen molar-refractivity contribution in [2.45, 2.75) is 17.3 Å². The summed E-state index contributed by atoms with van der Waals surface area (Å²) < 4.78 is 2.37. The molecule has 1 unspecified atom stereocenters. The molecule has 98 valence electrons. The highest BCUT2D eigenvalue weighted by atomic mass is 32.2. The van der Waals surface area contributed by atoms with Crippen LogP contribution in [0.3, 0.4) is 0 Å². The number of rotatable bonds is 4. The number of aromatic nitrogens is 1. The number of benzene rings is 1. The average Bonchev–Trinajstić information content (AvgIpc) is 3.07. The molecule has 3 rings (SSSR count). The van der Waals surface area contributed by atoms with E-state index >= 15 is 0 Å². The van der Waals surface area contributed by atoms with Crippen molar-refractivity contribution >= 4 is 50.3 Å². The molecule has 2 aromatic heterocycles. The largest absolute Gasteiger partial charge is 0.378 e. The first-order chi connectivity index (χ1) is 9.26. The van der Waals surface area contributed by atoms with Gasteiger partial charge in [0, 0.05) is 11.7 Å². The van der Waals surface area contributed by atoms with Gasteiger partial charge in [0.15, 0.2) is 4.34 Å². The highest BCUT2D eigenvalue weighted by Gasteiger charge is 2.08. The summed E-state index contributed by atoms with van der Waals surface area (Å²) in [5, 5.41) is 7.85. The Morgan fingerprint density at radius 1 is 1.32 bits per heavy atom. The molecule has 0 aliphatic heterocycles. The topological polar surface area (TPSA) is 24.9 Å². The number of hydrogen-bond acceptors (Lipinski definition) is 5. The molecule has 0 saturated carbocycles. The van der Waals surface area contributed by atoms with Gasteiger partial charge in [0.25, 0.3) is 0 Å². The van der Waals surface area contributed by atoms with E-state index in [9.17, 15) is 0 Å². The van der Waals surface area contributed by atoms with Crippen molar-refractivity contribution in [3.05, 3.63) is 40.6 Å². The van der Waals surface area contributed by atoms with E-state index < -0.39 is 0 Å². The molecule has 2 heterocycles. The van der Waals surface area contributed by atoms with Crippen LogP contribution in [0.1, 0.15) is 18.5 Å². The summed E-state index contributed by atoms with van der Waals surface area (Å²) in [6.45, 7) is 2.19. The maximum absolute atomic E-state index is 4.56. The predicted octanol–water partition coefficient (Wildman–Crippen LogP) is 5.25. The van der Waals surface area contributed by atoms with Crippen LogP contribution in [0.2, 0.25) is 0 Å². The highest BCUT2D eigenvalue weighted by molar-refractivity contribution is 8.00. The Morgan fingerprint density at radius 2 is 2.21 bits per heavy atom. The van der Waals surface area contributed by atoms with Crippen LogP contribution < -0.4 is 5.32 Å². The van der Waals surface area contributed by atoms with E-state index in [2.05, 4.69) is 58.5 Å². The molecule has 0 spiro atoms. The van der Waals surface area contributed by atoms with Gasteiger partial charge < -0.3 is 5.32 Å². The van der Waals surface area contributed by atoms with Crippen molar-refractivity contribution in [2.75, 3.05) is 11.6 Å². The second-order valence-electron chi connectivity index (χ2n) is 4.29. The Morgan fingerprint density at radius 3 is 2.95 bits per heavy atom. The van der Waals surface area contributed by atoms with E-state index in [0.717, 1.165) is 15.5 Å². The first-order valence-corrected chi connectivity index (χ1v) is 8.98. The Hall–Kier alpha value is -1.04. The molecule has 1 atom stereocenters. The number of thiazole rings is 1. The first kappa shape index (κ1) is 13.0. The minimum Gasteiger partial charge on any atom is -0.378 e. The smallest absolute Gasteiger partial charge is 0.150 e. The normalized spacial score (nSPS) is 12.7. The fourth-order valence-electron chi connectivity index (χ4n) is 1.94. The zero-order valence-electron chi connectivity index (χ0n) is 10.7. The summed E-state index contributed by atoms with van der Waals surface area (Å²) in [5.41, 5.74) is 3.57. The molecule has 19 heavy (non-hydrogen) atoms. The molecule has 0 fully saturated rings. The minimum absolute atomic E-state index is 0.330. The second-order valence-corrected chi connectivity index (χ2v) is 7.15. The predicted molar refractivity (Wildman–Crippen MR) is 87.8 cm³/mol. The van der Waals surface area contributed by atoms with Crippen LogP contribution in [0.25, 0.3) is 10.2 Å². The number of nitrogens with one attached hydrogen (secondary N) is 1. The first-order valence-electron chi connectivity index (χ1n) is 5.99. The zero-order valence-corrected chi connectivity index (χ0v) is 13.2. The van der Waals surface area contributed by atoms with Gasteiger partial charge in [0.05, 0.1) is 10.2 Å². The van der Waals surface area contributed by atoms with Crippen molar-refractivity contribution in [3.8, 4) is 0 Å². The molecular formula is C14H14N2S3. The number of hydrogen-bond donors (Lipinski definition) is 1. The van der Waals surface area contributed by atoms with Crippen molar-refractivity contribution in [3.63, 3.8) is 0 Å². The molecular weight excluding hydrogens is 292 g/mol. The molecule has 0 aliphatic rings. The number of anilines is 1. The van der Waals surface area contributed by atoms with Gasteiger partial charge >= 0.3 is 0 Å². The van der Waals surface area contributed by atoms with E-state index in [4.69, 9.17) is 0 Å². The molecule has 0 radical (unpaired) electrons. The minimum atomic E-state index is 0.330. The Balaban J connectivity index is 1.85. The van der Waals surface area contributed by atoms with Gasteiger partial charge in [-0.05, 0) is 53.8 Å². The fraction of sp³-hybridized carbons (Fsp3) is 0.214. The Bertz CT molecular complexity index is 673. The SMILES string of the molecule is CSc1nc2ccc(NC(C)c3ccsc3)cc2s1. The van der Waals surface area contributed by atoms with E-state index in [1.807, 2.05) is 0 Å².